The molecule has 0 radical (unpaired) electrons. The van der Waals surface area contributed by atoms with Crippen molar-refractivity contribution >= 4 is 17.0 Å². The maximum Gasteiger partial charge on any atom is 0.231 e. The van der Waals surface area contributed by atoms with Crippen molar-refractivity contribution in [3.63, 3.8) is 0 Å². The number of hydrogen-bond acceptors (Lipinski definition) is 5. The highest BCUT2D eigenvalue weighted by Crippen LogP contribution is 2.24. The fourth-order valence-electron chi connectivity index (χ4n) is 3.15. The smallest absolute Gasteiger partial charge is 0.231 e. The molecule has 0 amide bonds. The van der Waals surface area contributed by atoms with Crippen LogP contribution in [0.15, 0.2) is 35.2 Å². The first-order valence-electron chi connectivity index (χ1n) is 7.98. The molecule has 1 aliphatic rings. The molecule has 1 saturated heterocycles. The van der Waals surface area contributed by atoms with E-state index in [0.29, 0.717) is 11.8 Å². The quantitative estimate of drug-likeness (QED) is 0.738. The molecule has 1 unspecified atom stereocenters. The number of ether oxygens (including phenoxy) is 1. The van der Waals surface area contributed by atoms with Crippen LogP contribution in [0.1, 0.15) is 12.8 Å². The summed E-state index contributed by atoms with van der Waals surface area (Å²) in [6.45, 7) is 3.03. The van der Waals surface area contributed by atoms with Crippen LogP contribution >= 0.6 is 11.3 Å². The summed E-state index contributed by atoms with van der Waals surface area (Å²) < 4.78 is 7.83. The second kappa shape index (κ2) is 6.29. The fourth-order valence-corrected chi connectivity index (χ4v) is 3.80. The second-order valence-electron chi connectivity index (χ2n) is 6.18. The van der Waals surface area contributed by atoms with Crippen molar-refractivity contribution in [2.24, 2.45) is 5.92 Å². The summed E-state index contributed by atoms with van der Waals surface area (Å²) in [5, 5.41) is 8.79. The number of imidazole rings is 1. The van der Waals surface area contributed by atoms with Crippen LogP contribution < -0.4 is 4.74 Å². The lowest BCUT2D eigenvalue weighted by molar-refractivity contribution is 0.146. The first-order chi connectivity index (χ1) is 11.3. The normalized spacial score (nSPS) is 19.3. The van der Waals surface area contributed by atoms with Gasteiger partial charge in [0.05, 0.1) is 18.5 Å². The Kier molecular flexibility index (Phi) is 4.01. The van der Waals surface area contributed by atoms with E-state index in [2.05, 4.69) is 38.9 Å². The Morgan fingerprint density at radius 2 is 2.30 bits per heavy atom. The minimum atomic E-state index is 0.588. The van der Waals surface area contributed by atoms with Crippen molar-refractivity contribution in [2.75, 3.05) is 26.7 Å². The van der Waals surface area contributed by atoms with E-state index in [1.54, 1.807) is 11.3 Å². The van der Waals surface area contributed by atoms with Gasteiger partial charge in [-0.1, -0.05) is 0 Å². The molecule has 4 rings (SSSR count). The Morgan fingerprint density at radius 3 is 3.13 bits per heavy atom. The van der Waals surface area contributed by atoms with Crippen LogP contribution in [0.25, 0.3) is 16.9 Å². The van der Waals surface area contributed by atoms with Crippen LogP contribution in [0.4, 0.5) is 0 Å². The molecule has 120 valence electrons. The standard InChI is InChI=1S/C17H20N4OS/c1-20-7-2-3-13(10-20)11-22-17-5-4-16-18-9-15(21(16)19-17)14-6-8-23-12-14/h4-6,8-9,12-13H,2-3,7,10-11H2,1H3. The van der Waals surface area contributed by atoms with Crippen molar-refractivity contribution < 1.29 is 4.74 Å². The summed E-state index contributed by atoms with van der Waals surface area (Å²) in [4.78, 5) is 6.79. The Balaban J connectivity index is 1.53. The lowest BCUT2D eigenvalue weighted by Gasteiger charge is -2.29. The zero-order valence-electron chi connectivity index (χ0n) is 13.2. The SMILES string of the molecule is CN1CCCC(COc2ccc3ncc(-c4ccsc4)n3n2)C1. The number of nitrogens with zero attached hydrogens (tertiary/aromatic N) is 4. The van der Waals surface area contributed by atoms with E-state index in [0.717, 1.165) is 30.1 Å². The minimum absolute atomic E-state index is 0.588. The molecule has 6 heteroatoms. The molecule has 5 nitrogen and oxygen atoms in total. The average molecular weight is 328 g/mol. The highest BCUT2D eigenvalue weighted by molar-refractivity contribution is 7.08. The third-order valence-corrected chi connectivity index (χ3v) is 5.03. The fraction of sp³-hybridized carbons (Fsp3) is 0.412. The molecule has 0 N–H and O–H groups in total. The summed E-state index contributed by atoms with van der Waals surface area (Å²) >= 11 is 1.68. The van der Waals surface area contributed by atoms with E-state index >= 15 is 0 Å². The topological polar surface area (TPSA) is 42.7 Å². The number of fused-ring (bicyclic) bond motifs is 1. The molecule has 3 aromatic rings. The molecule has 0 aliphatic carbocycles. The summed E-state index contributed by atoms with van der Waals surface area (Å²) in [5.41, 5.74) is 2.99. The summed E-state index contributed by atoms with van der Waals surface area (Å²) in [7, 11) is 2.18. The van der Waals surface area contributed by atoms with Crippen LogP contribution in [-0.2, 0) is 0 Å². The van der Waals surface area contributed by atoms with E-state index in [4.69, 9.17) is 4.74 Å². The summed E-state index contributed by atoms with van der Waals surface area (Å²) in [5.74, 6) is 1.26. The molecule has 3 aromatic heterocycles. The van der Waals surface area contributed by atoms with Gasteiger partial charge in [-0.05, 0) is 43.9 Å². The highest BCUT2D eigenvalue weighted by atomic mass is 32.1. The lowest BCUT2D eigenvalue weighted by Crippen LogP contribution is -2.34. The van der Waals surface area contributed by atoms with Gasteiger partial charge in [0.1, 0.15) is 0 Å². The molecule has 0 aromatic carbocycles. The predicted molar refractivity (Wildman–Crippen MR) is 92.0 cm³/mol. The van der Waals surface area contributed by atoms with Gasteiger partial charge in [-0.25, -0.2) is 9.50 Å². The Hall–Kier alpha value is -1.92. The summed E-state index contributed by atoms with van der Waals surface area (Å²) in [6.07, 6.45) is 4.35. The molecule has 1 fully saturated rings. The van der Waals surface area contributed by atoms with Gasteiger partial charge in [0.2, 0.25) is 5.88 Å². The monoisotopic (exact) mass is 328 g/mol. The van der Waals surface area contributed by atoms with Gasteiger partial charge < -0.3 is 9.64 Å². The van der Waals surface area contributed by atoms with Crippen LogP contribution in [0.5, 0.6) is 5.88 Å². The van der Waals surface area contributed by atoms with E-state index in [-0.39, 0.29) is 0 Å². The zero-order chi connectivity index (χ0) is 15.6. The van der Waals surface area contributed by atoms with Crippen molar-refractivity contribution in [1.29, 1.82) is 0 Å². The van der Waals surface area contributed by atoms with Crippen LogP contribution in [0.3, 0.4) is 0 Å². The van der Waals surface area contributed by atoms with Gasteiger partial charge in [0, 0.05) is 29.5 Å². The second-order valence-corrected chi connectivity index (χ2v) is 6.96. The Bertz CT molecular complexity index is 783. The molecule has 0 bridgehead atoms. The first-order valence-corrected chi connectivity index (χ1v) is 8.92. The Labute approximate surface area is 139 Å². The number of likely N-dealkylation sites (tertiary alicyclic amines) is 1. The molecule has 0 saturated carbocycles. The maximum atomic E-state index is 5.96. The van der Waals surface area contributed by atoms with Gasteiger partial charge >= 0.3 is 0 Å². The van der Waals surface area contributed by atoms with Gasteiger partial charge in [-0.3, -0.25) is 0 Å². The number of thiophene rings is 1. The number of hydrogen-bond donors (Lipinski definition) is 0. The van der Waals surface area contributed by atoms with Crippen molar-refractivity contribution in [3.8, 4) is 17.1 Å². The van der Waals surface area contributed by atoms with Crippen LogP contribution in [-0.4, -0.2) is 46.2 Å². The summed E-state index contributed by atoms with van der Waals surface area (Å²) in [6, 6.07) is 5.96. The molecule has 23 heavy (non-hydrogen) atoms. The average Bonchev–Trinajstić information content (AvgIpc) is 3.21. The van der Waals surface area contributed by atoms with E-state index in [9.17, 15) is 0 Å². The van der Waals surface area contributed by atoms with E-state index in [1.807, 2.05) is 22.8 Å². The largest absolute Gasteiger partial charge is 0.476 e. The number of rotatable bonds is 4. The minimum Gasteiger partial charge on any atom is -0.476 e. The molecule has 1 atom stereocenters. The van der Waals surface area contributed by atoms with Gasteiger partial charge in [-0.15, -0.1) is 5.10 Å². The number of piperidine rings is 1. The third-order valence-electron chi connectivity index (χ3n) is 4.34. The van der Waals surface area contributed by atoms with Crippen molar-refractivity contribution in [2.45, 2.75) is 12.8 Å². The van der Waals surface area contributed by atoms with Gasteiger partial charge in [0.15, 0.2) is 5.65 Å². The molecular weight excluding hydrogens is 308 g/mol. The molecule has 4 heterocycles. The third kappa shape index (κ3) is 3.09. The number of aromatic nitrogens is 3. The van der Waals surface area contributed by atoms with Crippen LogP contribution in [0.2, 0.25) is 0 Å². The van der Waals surface area contributed by atoms with Crippen molar-refractivity contribution in [1.82, 2.24) is 19.5 Å². The molecule has 0 spiro atoms. The van der Waals surface area contributed by atoms with Crippen LogP contribution in [0, 0.1) is 5.92 Å². The van der Waals surface area contributed by atoms with E-state index < -0.39 is 0 Å². The predicted octanol–water partition coefficient (Wildman–Crippen LogP) is 3.18. The van der Waals surface area contributed by atoms with Crippen molar-refractivity contribution in [3.05, 3.63) is 35.2 Å². The first kappa shape index (κ1) is 14.7. The van der Waals surface area contributed by atoms with Gasteiger partial charge in [0.25, 0.3) is 0 Å². The van der Waals surface area contributed by atoms with Gasteiger partial charge in [-0.2, -0.15) is 11.3 Å². The lowest BCUT2D eigenvalue weighted by atomic mass is 10.00. The highest BCUT2D eigenvalue weighted by Gasteiger charge is 2.18. The maximum absolute atomic E-state index is 5.96. The van der Waals surface area contributed by atoms with E-state index in [1.165, 1.54) is 19.4 Å². The zero-order valence-corrected chi connectivity index (χ0v) is 14.0. The molecular formula is C17H20N4OS. The Morgan fingerprint density at radius 1 is 1.35 bits per heavy atom. The molecule has 1 aliphatic heterocycles.